The number of carbonyl (C=O) groups excluding carboxylic acids is 3. The number of methoxy groups -OCH3 is 1. The average molecular weight is 782 g/mol. The molecular weight excluding hydrogens is 731 g/mol. The predicted octanol–water partition coefficient (Wildman–Crippen LogP) is 3.83. The molecule has 0 spiro atoms. The standard InChI is InChI=1S/C39H51N5O10S/c1-5-23-17-22(2)9-6-7-10-24-20-39(24,36(47)43-55(50,51)38(3)14-15-38)42-32(45)30-19-26(21-44(30)35(46)31(23)40-37(48)49)54-34-28-13-12-25(52-4)18-29(28)27-11-8-16-53-33(27)41-34/h7,10,12-13,18,22-24,26,30-31,40H,5-6,8-9,11,14-17,19-21H2,1-4H3,(H,42,45)(H,43,47)(H,48,49)/b10-7-/t22-,23+,24+,26+,30-,31-,39+/m0/s1. The molecule has 7 rings (SSSR count). The maximum Gasteiger partial charge on any atom is 0.405 e. The van der Waals surface area contributed by atoms with Crippen LogP contribution in [0.5, 0.6) is 17.5 Å². The average Bonchev–Trinajstić information content (AvgIpc) is 4.04. The molecule has 4 heterocycles. The van der Waals surface area contributed by atoms with Crippen LogP contribution in [-0.2, 0) is 30.8 Å². The number of fused-ring (bicyclic) bond motifs is 5. The van der Waals surface area contributed by atoms with Gasteiger partial charge in [0, 0.05) is 23.3 Å². The Hall–Kier alpha value is -4.60. The van der Waals surface area contributed by atoms with Crippen molar-refractivity contribution in [1.82, 2.24) is 25.2 Å². The van der Waals surface area contributed by atoms with Gasteiger partial charge in [0.25, 0.3) is 5.91 Å². The van der Waals surface area contributed by atoms with Gasteiger partial charge in [0.1, 0.15) is 29.5 Å². The second-order valence-electron chi connectivity index (χ2n) is 16.1. The fourth-order valence-corrected chi connectivity index (χ4v) is 9.71. The SMILES string of the molecule is CC[C@@H]1C[C@@H](C)CC/C=C\[C@@H]2C[C@@]2(C(=O)NS(=O)(=O)C2(C)CC2)NC(=O)[C@@H]2C[C@@H](Oc3nc4c(c5cc(OC)ccc35)CCCO4)CN2C(=O)[C@H]1NC(=O)O. The van der Waals surface area contributed by atoms with Crippen LogP contribution < -0.4 is 29.6 Å². The molecule has 298 valence electrons. The van der Waals surface area contributed by atoms with Crippen LogP contribution >= 0.6 is 0 Å². The molecule has 4 amide bonds. The van der Waals surface area contributed by atoms with Gasteiger partial charge in [-0.05, 0) is 93.7 Å². The van der Waals surface area contributed by atoms with Gasteiger partial charge in [-0.2, -0.15) is 4.98 Å². The zero-order valence-electron chi connectivity index (χ0n) is 31.8. The van der Waals surface area contributed by atoms with Gasteiger partial charge in [0.05, 0.1) is 25.0 Å². The molecule has 2 saturated carbocycles. The number of hydrogen-bond acceptors (Lipinski definition) is 10. The summed E-state index contributed by atoms with van der Waals surface area (Å²) in [5.74, 6) is -1.44. The number of allylic oxidation sites excluding steroid dienone is 1. The van der Waals surface area contributed by atoms with Crippen molar-refractivity contribution in [2.24, 2.45) is 17.8 Å². The molecule has 0 bridgehead atoms. The third-order valence-electron chi connectivity index (χ3n) is 12.2. The number of rotatable bonds is 8. The molecule has 1 saturated heterocycles. The summed E-state index contributed by atoms with van der Waals surface area (Å²) in [6, 6.07) is 3.21. The van der Waals surface area contributed by atoms with Gasteiger partial charge in [0.15, 0.2) is 0 Å². The van der Waals surface area contributed by atoms with Crippen molar-refractivity contribution in [1.29, 1.82) is 0 Å². The first-order valence-electron chi connectivity index (χ1n) is 19.3. The van der Waals surface area contributed by atoms with Gasteiger partial charge < -0.3 is 34.9 Å². The third kappa shape index (κ3) is 7.53. The first-order chi connectivity index (χ1) is 26.2. The van der Waals surface area contributed by atoms with E-state index in [1.807, 2.05) is 31.2 Å². The number of carbonyl (C=O) groups is 4. The molecule has 55 heavy (non-hydrogen) atoms. The maximum absolute atomic E-state index is 14.6. The Labute approximate surface area is 321 Å². The fourth-order valence-electron chi connectivity index (χ4n) is 8.40. The Kier molecular flexibility index (Phi) is 10.4. The summed E-state index contributed by atoms with van der Waals surface area (Å²) in [6.07, 6.45) is 6.74. The Morgan fingerprint density at radius 2 is 1.96 bits per heavy atom. The zero-order chi connectivity index (χ0) is 39.3. The normalized spacial score (nSPS) is 30.9. The summed E-state index contributed by atoms with van der Waals surface area (Å²) in [7, 11) is -2.43. The van der Waals surface area contributed by atoms with Gasteiger partial charge in [-0.15, -0.1) is 0 Å². The summed E-state index contributed by atoms with van der Waals surface area (Å²) in [6.45, 7) is 5.96. The van der Waals surface area contributed by atoms with Crippen LogP contribution in [0.1, 0.15) is 84.1 Å². The van der Waals surface area contributed by atoms with Crippen molar-refractivity contribution in [2.75, 3.05) is 20.3 Å². The molecule has 16 heteroatoms. The van der Waals surface area contributed by atoms with Crippen molar-refractivity contribution < 1.29 is 46.9 Å². The van der Waals surface area contributed by atoms with E-state index in [9.17, 15) is 32.7 Å². The quantitative estimate of drug-likeness (QED) is 0.284. The van der Waals surface area contributed by atoms with Gasteiger partial charge >= 0.3 is 6.09 Å². The van der Waals surface area contributed by atoms with Crippen LogP contribution in [0.3, 0.4) is 0 Å². The molecule has 2 aliphatic carbocycles. The molecule has 3 fully saturated rings. The van der Waals surface area contributed by atoms with E-state index in [2.05, 4.69) is 22.3 Å². The number of aromatic nitrogens is 1. The Morgan fingerprint density at radius 3 is 2.67 bits per heavy atom. The summed E-state index contributed by atoms with van der Waals surface area (Å²) in [5.41, 5.74) is -0.624. The highest BCUT2D eigenvalue weighted by Gasteiger charge is 2.63. The van der Waals surface area contributed by atoms with Gasteiger partial charge in [-0.1, -0.05) is 32.4 Å². The predicted molar refractivity (Wildman–Crippen MR) is 201 cm³/mol. The van der Waals surface area contributed by atoms with Crippen LogP contribution in [0.4, 0.5) is 4.79 Å². The number of sulfonamides is 1. The number of ether oxygens (including phenoxy) is 3. The van der Waals surface area contributed by atoms with E-state index in [0.29, 0.717) is 55.7 Å². The van der Waals surface area contributed by atoms with Gasteiger partial charge in [-0.25, -0.2) is 13.2 Å². The van der Waals surface area contributed by atoms with Crippen LogP contribution in [0.25, 0.3) is 10.8 Å². The molecule has 1 aromatic heterocycles. The lowest BCUT2D eigenvalue weighted by Crippen LogP contribution is -2.59. The number of pyridine rings is 1. The number of carboxylic acid groups (broad SMARTS) is 1. The lowest BCUT2D eigenvalue weighted by atomic mass is 9.85. The molecule has 5 aliphatic rings. The minimum absolute atomic E-state index is 0.00357. The highest BCUT2D eigenvalue weighted by atomic mass is 32.2. The van der Waals surface area contributed by atoms with E-state index in [-0.39, 0.29) is 37.1 Å². The number of nitrogens with one attached hydrogen (secondary N) is 3. The molecule has 15 nitrogen and oxygen atoms in total. The van der Waals surface area contributed by atoms with Crippen LogP contribution in [-0.4, -0.2) is 96.0 Å². The molecule has 3 aliphatic heterocycles. The first kappa shape index (κ1) is 38.7. The second-order valence-corrected chi connectivity index (χ2v) is 18.3. The lowest BCUT2D eigenvalue weighted by molar-refractivity contribution is -0.142. The lowest BCUT2D eigenvalue weighted by Gasteiger charge is -2.33. The number of aryl methyl sites for hydroxylation is 1. The van der Waals surface area contributed by atoms with E-state index in [0.717, 1.165) is 30.2 Å². The van der Waals surface area contributed by atoms with Crippen LogP contribution in [0.15, 0.2) is 30.4 Å². The van der Waals surface area contributed by atoms with Gasteiger partial charge in [0.2, 0.25) is 33.6 Å². The zero-order valence-corrected chi connectivity index (χ0v) is 32.6. The highest BCUT2D eigenvalue weighted by molar-refractivity contribution is 7.91. The Bertz CT molecular complexity index is 2020. The number of benzene rings is 1. The van der Waals surface area contributed by atoms with Crippen LogP contribution in [0, 0.1) is 17.8 Å². The van der Waals surface area contributed by atoms with Crippen molar-refractivity contribution >= 4 is 44.6 Å². The fraction of sp³-hybridized carbons (Fsp3) is 0.615. The van der Waals surface area contributed by atoms with E-state index < -0.39 is 68.2 Å². The summed E-state index contributed by atoms with van der Waals surface area (Å²) < 4.78 is 45.6. The van der Waals surface area contributed by atoms with Crippen molar-refractivity contribution in [3.05, 3.63) is 35.9 Å². The third-order valence-corrected chi connectivity index (χ3v) is 14.4. The van der Waals surface area contributed by atoms with E-state index >= 15 is 0 Å². The molecule has 0 radical (unpaired) electrons. The number of hydrogen-bond donors (Lipinski definition) is 4. The molecular formula is C39H51N5O10S. The van der Waals surface area contributed by atoms with Crippen LogP contribution in [0.2, 0.25) is 0 Å². The monoisotopic (exact) mass is 781 g/mol. The summed E-state index contributed by atoms with van der Waals surface area (Å²) in [4.78, 5) is 61.3. The van der Waals surface area contributed by atoms with E-state index in [4.69, 9.17) is 19.2 Å². The summed E-state index contributed by atoms with van der Waals surface area (Å²) >= 11 is 0. The molecule has 2 aromatic rings. The van der Waals surface area contributed by atoms with E-state index in [1.165, 1.54) is 4.90 Å². The van der Waals surface area contributed by atoms with Gasteiger partial charge in [-0.3, -0.25) is 19.1 Å². The van der Waals surface area contributed by atoms with Crippen molar-refractivity contribution in [3.63, 3.8) is 0 Å². The highest BCUT2D eigenvalue weighted by Crippen LogP contribution is 2.48. The Morgan fingerprint density at radius 1 is 1.18 bits per heavy atom. The minimum Gasteiger partial charge on any atom is -0.497 e. The topological polar surface area (TPSA) is 203 Å². The maximum atomic E-state index is 14.6. The van der Waals surface area contributed by atoms with Crippen molar-refractivity contribution in [3.8, 4) is 17.5 Å². The molecule has 1 aromatic carbocycles. The molecule has 7 atom stereocenters. The number of nitrogens with zero attached hydrogens (tertiary/aromatic N) is 2. The second kappa shape index (κ2) is 14.8. The minimum atomic E-state index is -4.01. The summed E-state index contributed by atoms with van der Waals surface area (Å²) in [5, 5.41) is 16.8. The smallest absolute Gasteiger partial charge is 0.405 e. The number of amides is 4. The molecule has 4 N–H and O–H groups in total. The largest absolute Gasteiger partial charge is 0.497 e. The van der Waals surface area contributed by atoms with E-state index in [1.54, 1.807) is 20.1 Å². The first-order valence-corrected chi connectivity index (χ1v) is 20.8. The Balaban J connectivity index is 1.25. The molecule has 0 unspecified atom stereocenters. The van der Waals surface area contributed by atoms with Crippen molar-refractivity contribution in [2.45, 2.75) is 113 Å².